The average molecular weight is 426 g/mol. The fourth-order valence-corrected chi connectivity index (χ4v) is 3.13. The Morgan fingerprint density at radius 1 is 0.833 bits per heavy atom. The van der Waals surface area contributed by atoms with Crippen LogP contribution in [0.15, 0.2) is 78.9 Å². The quantitative estimate of drug-likeness (QED) is 0.459. The van der Waals surface area contributed by atoms with Crippen molar-refractivity contribution in [1.29, 1.82) is 0 Å². The Kier molecular flexibility index (Phi) is 8.57. The van der Waals surface area contributed by atoms with Gasteiger partial charge >= 0.3 is 0 Å². The zero-order valence-corrected chi connectivity index (χ0v) is 17.9. The van der Waals surface area contributed by atoms with Gasteiger partial charge in [-0.15, -0.1) is 0 Å². The van der Waals surface area contributed by atoms with Crippen LogP contribution in [0.25, 0.3) is 0 Å². The van der Waals surface area contributed by atoms with Crippen LogP contribution in [-0.2, 0) is 13.0 Å². The maximum Gasteiger partial charge on any atom is 0.120 e. The van der Waals surface area contributed by atoms with E-state index >= 15 is 0 Å². The number of hydrogen-bond acceptors (Lipinski definition) is 4. The zero-order valence-electron chi connectivity index (χ0n) is 17.1. The summed E-state index contributed by atoms with van der Waals surface area (Å²) >= 11 is 5.92. The lowest BCUT2D eigenvalue weighted by Gasteiger charge is -2.18. The molecule has 2 N–H and O–H groups in total. The summed E-state index contributed by atoms with van der Waals surface area (Å²) in [6.45, 7) is 3.31. The maximum atomic E-state index is 10.2. The van der Waals surface area contributed by atoms with Crippen LogP contribution in [-0.4, -0.2) is 30.4 Å². The van der Waals surface area contributed by atoms with Gasteiger partial charge in [-0.25, -0.2) is 0 Å². The Labute approximate surface area is 183 Å². The van der Waals surface area contributed by atoms with E-state index in [4.69, 9.17) is 21.1 Å². The second-order valence-electron chi connectivity index (χ2n) is 7.35. The average Bonchev–Trinajstić information content (AvgIpc) is 2.78. The van der Waals surface area contributed by atoms with E-state index in [0.29, 0.717) is 18.9 Å². The van der Waals surface area contributed by atoms with E-state index in [-0.39, 0.29) is 12.6 Å². The van der Waals surface area contributed by atoms with Crippen molar-refractivity contribution in [1.82, 2.24) is 5.32 Å². The highest BCUT2D eigenvalue weighted by Crippen LogP contribution is 2.19. The first-order chi connectivity index (χ1) is 14.6. The van der Waals surface area contributed by atoms with Gasteiger partial charge < -0.3 is 19.9 Å². The van der Waals surface area contributed by atoms with Gasteiger partial charge in [0.2, 0.25) is 0 Å². The van der Waals surface area contributed by atoms with Crippen LogP contribution in [0.1, 0.15) is 18.1 Å². The number of ether oxygens (including phenoxy) is 2. The van der Waals surface area contributed by atoms with E-state index in [1.807, 2.05) is 78.9 Å². The minimum Gasteiger partial charge on any atom is -0.491 e. The van der Waals surface area contributed by atoms with E-state index in [9.17, 15) is 5.11 Å². The van der Waals surface area contributed by atoms with Crippen LogP contribution >= 0.6 is 11.6 Å². The van der Waals surface area contributed by atoms with Gasteiger partial charge in [0, 0.05) is 17.6 Å². The summed E-state index contributed by atoms with van der Waals surface area (Å²) in [6, 6.07) is 25.5. The number of aliphatic hydroxyl groups is 1. The summed E-state index contributed by atoms with van der Waals surface area (Å²) < 4.78 is 11.5. The van der Waals surface area contributed by atoms with Crippen LogP contribution in [0, 0.1) is 0 Å². The third-order valence-electron chi connectivity index (χ3n) is 4.67. The molecular weight excluding hydrogens is 398 g/mol. The molecule has 3 aromatic carbocycles. The van der Waals surface area contributed by atoms with Crippen molar-refractivity contribution in [2.45, 2.75) is 32.1 Å². The van der Waals surface area contributed by atoms with Crippen LogP contribution in [0.5, 0.6) is 11.5 Å². The summed E-state index contributed by atoms with van der Waals surface area (Å²) in [5, 5.41) is 14.3. The smallest absolute Gasteiger partial charge is 0.120 e. The van der Waals surface area contributed by atoms with Crippen molar-refractivity contribution >= 4 is 11.6 Å². The molecule has 0 aromatic heterocycles. The SMILES string of the molecule is CC(Cc1ccc(Cl)cc1)NCC(O)COc1ccc(OCc2ccccc2)cc1. The maximum absolute atomic E-state index is 10.2. The molecule has 3 rings (SSSR count). The summed E-state index contributed by atoms with van der Waals surface area (Å²) in [5.41, 5.74) is 2.33. The van der Waals surface area contributed by atoms with Crippen molar-refractivity contribution in [2.24, 2.45) is 0 Å². The van der Waals surface area contributed by atoms with Gasteiger partial charge in [0.05, 0.1) is 0 Å². The van der Waals surface area contributed by atoms with Gasteiger partial charge in [-0.1, -0.05) is 54.1 Å². The first-order valence-electron chi connectivity index (χ1n) is 10.1. The molecular formula is C25H28ClNO3. The summed E-state index contributed by atoms with van der Waals surface area (Å²) in [4.78, 5) is 0. The van der Waals surface area contributed by atoms with E-state index in [1.54, 1.807) is 0 Å². The molecule has 3 aromatic rings. The molecule has 0 bridgehead atoms. The standard InChI is InChI=1S/C25H28ClNO3/c1-19(15-20-7-9-22(26)10-8-20)27-16-23(28)18-30-25-13-11-24(12-14-25)29-17-21-5-3-2-4-6-21/h2-14,19,23,27-28H,15-18H2,1H3. The predicted octanol–water partition coefficient (Wildman–Crippen LogP) is 4.88. The number of rotatable bonds is 11. The number of aliphatic hydroxyl groups excluding tert-OH is 1. The fourth-order valence-electron chi connectivity index (χ4n) is 3.01. The fraction of sp³-hybridized carbons (Fsp3) is 0.280. The predicted molar refractivity (Wildman–Crippen MR) is 121 cm³/mol. The van der Waals surface area contributed by atoms with Crippen molar-refractivity contribution in [2.75, 3.05) is 13.2 Å². The molecule has 2 atom stereocenters. The van der Waals surface area contributed by atoms with E-state index < -0.39 is 6.10 Å². The molecule has 0 radical (unpaired) electrons. The molecule has 2 unspecified atom stereocenters. The Hall–Kier alpha value is -2.53. The van der Waals surface area contributed by atoms with Crippen molar-refractivity contribution in [3.63, 3.8) is 0 Å². The second kappa shape index (κ2) is 11.6. The summed E-state index contributed by atoms with van der Waals surface area (Å²) in [6.07, 6.45) is 0.279. The highest BCUT2D eigenvalue weighted by Gasteiger charge is 2.09. The van der Waals surface area contributed by atoms with Gasteiger partial charge in [-0.05, 0) is 60.9 Å². The van der Waals surface area contributed by atoms with Crippen molar-refractivity contribution < 1.29 is 14.6 Å². The Morgan fingerprint density at radius 3 is 2.13 bits per heavy atom. The first-order valence-corrected chi connectivity index (χ1v) is 10.5. The van der Waals surface area contributed by atoms with Gasteiger partial charge in [-0.2, -0.15) is 0 Å². The van der Waals surface area contributed by atoms with Crippen LogP contribution < -0.4 is 14.8 Å². The molecule has 0 fully saturated rings. The molecule has 0 aliphatic carbocycles. The minimum absolute atomic E-state index is 0.227. The number of hydrogen-bond donors (Lipinski definition) is 2. The lowest BCUT2D eigenvalue weighted by Crippen LogP contribution is -2.37. The third kappa shape index (κ3) is 7.71. The molecule has 0 aliphatic rings. The summed E-state index contributed by atoms with van der Waals surface area (Å²) in [5.74, 6) is 1.49. The molecule has 4 nitrogen and oxygen atoms in total. The van der Waals surface area contributed by atoms with Crippen molar-refractivity contribution in [3.8, 4) is 11.5 Å². The molecule has 30 heavy (non-hydrogen) atoms. The largest absolute Gasteiger partial charge is 0.491 e. The van der Waals surface area contributed by atoms with Gasteiger partial charge in [0.25, 0.3) is 0 Å². The van der Waals surface area contributed by atoms with E-state index in [1.165, 1.54) is 5.56 Å². The van der Waals surface area contributed by atoms with E-state index in [2.05, 4.69) is 12.2 Å². The molecule has 0 saturated carbocycles. The van der Waals surface area contributed by atoms with Crippen molar-refractivity contribution in [3.05, 3.63) is 95.0 Å². The lowest BCUT2D eigenvalue weighted by molar-refractivity contribution is 0.104. The monoisotopic (exact) mass is 425 g/mol. The third-order valence-corrected chi connectivity index (χ3v) is 4.92. The van der Waals surface area contributed by atoms with E-state index in [0.717, 1.165) is 22.8 Å². The molecule has 5 heteroatoms. The molecule has 0 aliphatic heterocycles. The number of nitrogens with one attached hydrogen (secondary N) is 1. The molecule has 0 amide bonds. The van der Waals surface area contributed by atoms with Crippen LogP contribution in [0.2, 0.25) is 5.02 Å². The second-order valence-corrected chi connectivity index (χ2v) is 7.79. The number of halogens is 1. The Morgan fingerprint density at radius 2 is 1.47 bits per heavy atom. The molecule has 0 heterocycles. The molecule has 0 spiro atoms. The topological polar surface area (TPSA) is 50.7 Å². The van der Waals surface area contributed by atoms with Crippen LogP contribution in [0.4, 0.5) is 0 Å². The van der Waals surface area contributed by atoms with Gasteiger partial charge in [0.1, 0.15) is 30.8 Å². The minimum atomic E-state index is -0.591. The number of benzene rings is 3. The van der Waals surface area contributed by atoms with Gasteiger partial charge in [0.15, 0.2) is 0 Å². The summed E-state index contributed by atoms with van der Waals surface area (Å²) in [7, 11) is 0. The Balaban J connectivity index is 1.34. The van der Waals surface area contributed by atoms with Crippen LogP contribution in [0.3, 0.4) is 0 Å². The highest BCUT2D eigenvalue weighted by atomic mass is 35.5. The first kappa shape index (κ1) is 22.2. The normalized spacial score (nSPS) is 12.9. The highest BCUT2D eigenvalue weighted by molar-refractivity contribution is 6.30. The molecule has 158 valence electrons. The molecule has 0 saturated heterocycles. The lowest BCUT2D eigenvalue weighted by atomic mass is 10.1. The Bertz CT molecular complexity index is 869. The zero-order chi connectivity index (χ0) is 21.2. The van der Waals surface area contributed by atoms with Gasteiger partial charge in [-0.3, -0.25) is 0 Å².